The third-order valence-electron chi connectivity index (χ3n) is 3.43. The Labute approximate surface area is 149 Å². The van der Waals surface area contributed by atoms with E-state index in [0.29, 0.717) is 16.9 Å². The molecule has 0 N–H and O–H groups in total. The van der Waals surface area contributed by atoms with E-state index < -0.39 is 5.97 Å². The summed E-state index contributed by atoms with van der Waals surface area (Å²) in [6, 6.07) is 15.7. The van der Waals surface area contributed by atoms with Crippen molar-refractivity contribution in [3.8, 4) is 5.75 Å². The van der Waals surface area contributed by atoms with Crippen molar-refractivity contribution in [1.82, 2.24) is 0 Å². The van der Waals surface area contributed by atoms with Gasteiger partial charge >= 0.3 is 11.9 Å². The second-order valence-electron chi connectivity index (χ2n) is 5.25. The summed E-state index contributed by atoms with van der Waals surface area (Å²) in [6.07, 6.45) is 0.709. The summed E-state index contributed by atoms with van der Waals surface area (Å²) < 4.78 is 10.7. The molecule has 2 aromatic rings. The van der Waals surface area contributed by atoms with Crippen molar-refractivity contribution < 1.29 is 19.1 Å². The van der Waals surface area contributed by atoms with Gasteiger partial charge in [0.25, 0.3) is 0 Å². The zero-order valence-corrected chi connectivity index (χ0v) is 15.3. The minimum absolute atomic E-state index is 0.0720. The standard InChI is InChI=1S/C19H20O4.C2H6/c1-3-14(2)22-18(20)13-16-11-7-8-12-17(16)23-19(21)15-9-5-4-6-10-15;1-2/h4-12,14H,3,13H2,1-2H3;1-2H3. The van der Waals surface area contributed by atoms with Gasteiger partial charge in [0.05, 0.1) is 18.1 Å². The number of hydrogen-bond donors (Lipinski definition) is 0. The second kappa shape index (κ2) is 11.0. The molecule has 25 heavy (non-hydrogen) atoms. The second-order valence-corrected chi connectivity index (χ2v) is 5.25. The summed E-state index contributed by atoms with van der Waals surface area (Å²) in [7, 11) is 0. The smallest absolute Gasteiger partial charge is 0.343 e. The molecule has 0 spiro atoms. The highest BCUT2D eigenvalue weighted by atomic mass is 16.5. The lowest BCUT2D eigenvalue weighted by atomic mass is 10.1. The highest BCUT2D eigenvalue weighted by molar-refractivity contribution is 5.91. The lowest BCUT2D eigenvalue weighted by Gasteiger charge is -2.13. The fourth-order valence-corrected chi connectivity index (χ4v) is 1.99. The molecule has 4 nitrogen and oxygen atoms in total. The minimum Gasteiger partial charge on any atom is -0.462 e. The molecule has 0 aliphatic carbocycles. The number of esters is 2. The molecule has 0 saturated heterocycles. The molecule has 4 heteroatoms. The van der Waals surface area contributed by atoms with Crippen molar-refractivity contribution in [3.63, 3.8) is 0 Å². The van der Waals surface area contributed by atoms with E-state index in [-0.39, 0.29) is 18.5 Å². The highest BCUT2D eigenvalue weighted by Gasteiger charge is 2.15. The summed E-state index contributed by atoms with van der Waals surface area (Å²) in [5.41, 5.74) is 1.09. The van der Waals surface area contributed by atoms with E-state index in [1.54, 1.807) is 48.5 Å². The molecule has 134 valence electrons. The number of benzene rings is 2. The Balaban J connectivity index is 0.00000151. The fraction of sp³-hybridized carbons (Fsp3) is 0.333. The van der Waals surface area contributed by atoms with Crippen molar-refractivity contribution in [2.24, 2.45) is 0 Å². The van der Waals surface area contributed by atoms with Crippen molar-refractivity contribution >= 4 is 11.9 Å². The van der Waals surface area contributed by atoms with Crippen LogP contribution in [-0.4, -0.2) is 18.0 Å². The fourth-order valence-electron chi connectivity index (χ4n) is 1.99. The van der Waals surface area contributed by atoms with Crippen LogP contribution in [0.3, 0.4) is 0 Å². The van der Waals surface area contributed by atoms with E-state index >= 15 is 0 Å². The summed E-state index contributed by atoms with van der Waals surface area (Å²) in [4.78, 5) is 24.1. The summed E-state index contributed by atoms with van der Waals surface area (Å²) in [5.74, 6) is -0.404. The van der Waals surface area contributed by atoms with E-state index in [4.69, 9.17) is 9.47 Å². The molecule has 0 saturated carbocycles. The van der Waals surface area contributed by atoms with Gasteiger partial charge in [-0.1, -0.05) is 57.2 Å². The molecule has 0 fully saturated rings. The number of carbonyl (C=O) groups is 2. The first-order valence-corrected chi connectivity index (χ1v) is 8.64. The Bertz CT molecular complexity index is 665. The van der Waals surface area contributed by atoms with Crippen molar-refractivity contribution in [3.05, 3.63) is 65.7 Å². The summed E-state index contributed by atoms with van der Waals surface area (Å²) in [5, 5.41) is 0. The molecule has 0 heterocycles. The molecule has 1 unspecified atom stereocenters. The van der Waals surface area contributed by atoms with Gasteiger partial charge in [-0.05, 0) is 31.5 Å². The Morgan fingerprint density at radius 2 is 1.56 bits per heavy atom. The van der Waals surface area contributed by atoms with E-state index in [0.717, 1.165) is 6.42 Å². The van der Waals surface area contributed by atoms with Crippen LogP contribution in [0.1, 0.15) is 50.0 Å². The van der Waals surface area contributed by atoms with Crippen LogP contribution < -0.4 is 4.74 Å². The molecular formula is C21H26O4. The zero-order valence-electron chi connectivity index (χ0n) is 15.3. The van der Waals surface area contributed by atoms with Crippen molar-refractivity contribution in [2.75, 3.05) is 0 Å². The Kier molecular flexibility index (Phi) is 9.01. The van der Waals surface area contributed by atoms with Crippen LogP contribution in [0.25, 0.3) is 0 Å². The van der Waals surface area contributed by atoms with Crippen LogP contribution in [0, 0.1) is 0 Å². The van der Waals surface area contributed by atoms with Gasteiger partial charge in [-0.2, -0.15) is 0 Å². The van der Waals surface area contributed by atoms with Crippen molar-refractivity contribution in [1.29, 1.82) is 0 Å². The molecular weight excluding hydrogens is 316 g/mol. The molecule has 0 aromatic heterocycles. The molecule has 0 aliphatic heterocycles. The molecule has 2 rings (SSSR count). The van der Waals surface area contributed by atoms with Crippen LogP contribution in [0.2, 0.25) is 0 Å². The first-order chi connectivity index (χ1) is 12.1. The maximum absolute atomic E-state index is 12.1. The van der Waals surface area contributed by atoms with Crippen LogP contribution >= 0.6 is 0 Å². The average Bonchev–Trinajstić information content (AvgIpc) is 2.65. The van der Waals surface area contributed by atoms with Gasteiger partial charge in [-0.3, -0.25) is 4.79 Å². The highest BCUT2D eigenvalue weighted by Crippen LogP contribution is 2.20. The predicted molar refractivity (Wildman–Crippen MR) is 98.7 cm³/mol. The van der Waals surface area contributed by atoms with Gasteiger partial charge in [-0.25, -0.2) is 4.79 Å². The molecule has 0 aliphatic rings. The van der Waals surface area contributed by atoms with Gasteiger partial charge < -0.3 is 9.47 Å². The molecule has 1 atom stereocenters. The van der Waals surface area contributed by atoms with Gasteiger partial charge in [0.1, 0.15) is 5.75 Å². The summed E-state index contributed by atoms with van der Waals surface area (Å²) >= 11 is 0. The molecule has 2 aromatic carbocycles. The zero-order chi connectivity index (χ0) is 18.7. The van der Waals surface area contributed by atoms with Gasteiger partial charge in [0.15, 0.2) is 0 Å². The number of rotatable bonds is 6. The number of hydrogen-bond acceptors (Lipinski definition) is 4. The lowest BCUT2D eigenvalue weighted by Crippen LogP contribution is -2.17. The van der Waals surface area contributed by atoms with Gasteiger partial charge in [0.2, 0.25) is 0 Å². The molecule has 0 amide bonds. The quantitative estimate of drug-likeness (QED) is 0.558. The van der Waals surface area contributed by atoms with Gasteiger partial charge in [0, 0.05) is 5.56 Å². The van der Waals surface area contributed by atoms with Crippen LogP contribution in [-0.2, 0) is 16.0 Å². The van der Waals surface area contributed by atoms with E-state index in [2.05, 4.69) is 0 Å². The van der Waals surface area contributed by atoms with E-state index in [1.165, 1.54) is 0 Å². The Morgan fingerprint density at radius 1 is 0.960 bits per heavy atom. The maximum Gasteiger partial charge on any atom is 0.343 e. The van der Waals surface area contributed by atoms with Crippen LogP contribution in [0.15, 0.2) is 54.6 Å². The third kappa shape index (κ3) is 6.79. The minimum atomic E-state index is -0.451. The SMILES string of the molecule is CC.CCC(C)OC(=O)Cc1ccccc1OC(=O)c1ccccc1. The van der Waals surface area contributed by atoms with E-state index in [1.807, 2.05) is 33.8 Å². The first-order valence-electron chi connectivity index (χ1n) is 8.64. The number of carbonyl (C=O) groups excluding carboxylic acids is 2. The Hall–Kier alpha value is -2.62. The van der Waals surface area contributed by atoms with Crippen molar-refractivity contribution in [2.45, 2.75) is 46.6 Å². The third-order valence-corrected chi connectivity index (χ3v) is 3.43. The number of para-hydroxylation sites is 1. The topological polar surface area (TPSA) is 52.6 Å². The van der Waals surface area contributed by atoms with Crippen LogP contribution in [0.5, 0.6) is 5.75 Å². The largest absolute Gasteiger partial charge is 0.462 e. The maximum atomic E-state index is 12.1. The predicted octanol–water partition coefficient (Wildman–Crippen LogP) is 4.82. The monoisotopic (exact) mass is 342 g/mol. The van der Waals surface area contributed by atoms with E-state index in [9.17, 15) is 9.59 Å². The lowest BCUT2D eigenvalue weighted by molar-refractivity contribution is -0.147. The van der Waals surface area contributed by atoms with Crippen LogP contribution in [0.4, 0.5) is 0 Å². The normalized spacial score (nSPS) is 10.9. The average molecular weight is 342 g/mol. The number of ether oxygens (including phenoxy) is 2. The molecule has 0 radical (unpaired) electrons. The van der Waals surface area contributed by atoms with Gasteiger partial charge in [-0.15, -0.1) is 0 Å². The summed E-state index contributed by atoms with van der Waals surface area (Å²) in [6.45, 7) is 7.80. The Morgan fingerprint density at radius 3 is 2.20 bits per heavy atom. The first kappa shape index (κ1) is 20.4. The molecule has 0 bridgehead atoms.